The Bertz CT molecular complexity index is 1220. The van der Waals surface area contributed by atoms with E-state index in [1.54, 1.807) is 0 Å². The average Bonchev–Trinajstić information content (AvgIpc) is 2.74. The molecule has 0 atom stereocenters. The second kappa shape index (κ2) is 11.0. The van der Waals surface area contributed by atoms with Gasteiger partial charge in [-0.25, -0.2) is 21.5 Å². The molecule has 34 heavy (non-hydrogen) atoms. The molecule has 0 aliphatic rings. The third kappa shape index (κ3) is 6.47. The van der Waals surface area contributed by atoms with Gasteiger partial charge in [-0.2, -0.15) is 0 Å². The van der Waals surface area contributed by atoms with Crippen molar-refractivity contribution >= 4 is 38.9 Å². The Kier molecular flexibility index (Phi) is 8.62. The number of ether oxygens (including phenoxy) is 1. The summed E-state index contributed by atoms with van der Waals surface area (Å²) in [5, 5.41) is 14.0. The highest BCUT2D eigenvalue weighted by molar-refractivity contribution is 7.92. The molecule has 0 unspecified atom stereocenters. The van der Waals surface area contributed by atoms with Crippen LogP contribution in [0.2, 0.25) is 0 Å². The number of nitrogens with zero attached hydrogens (tertiary/aromatic N) is 2. The number of rotatable bonds is 10. The fourth-order valence-electron chi connectivity index (χ4n) is 2.92. The number of carbonyl (C=O) groups is 2. The number of benzene rings is 2. The van der Waals surface area contributed by atoms with Gasteiger partial charge in [-0.15, -0.1) is 0 Å². The highest BCUT2D eigenvalue weighted by Crippen LogP contribution is 2.42. The number of halogens is 2. The van der Waals surface area contributed by atoms with Crippen molar-refractivity contribution < 1.29 is 36.4 Å². The van der Waals surface area contributed by atoms with Gasteiger partial charge < -0.3 is 10.1 Å². The number of carbonyl (C=O) groups excluding carboxylic acids is 2. The first-order chi connectivity index (χ1) is 15.9. The van der Waals surface area contributed by atoms with E-state index in [0.29, 0.717) is 23.2 Å². The molecule has 10 nitrogen and oxygen atoms in total. The van der Waals surface area contributed by atoms with Gasteiger partial charge in [0.25, 0.3) is 5.69 Å². The monoisotopic (exact) mass is 499 g/mol. The number of sulfonamides is 1. The molecule has 1 N–H and O–H groups in total. The molecule has 0 heterocycles. The lowest BCUT2D eigenvalue weighted by atomic mass is 10.2. The van der Waals surface area contributed by atoms with Crippen LogP contribution in [0.3, 0.4) is 0 Å². The van der Waals surface area contributed by atoms with Crippen LogP contribution < -0.4 is 14.4 Å². The first-order valence-corrected chi connectivity index (χ1v) is 12.0. The third-order valence-corrected chi connectivity index (χ3v) is 5.56. The summed E-state index contributed by atoms with van der Waals surface area (Å²) < 4.78 is 58.1. The molecule has 0 saturated carbocycles. The van der Waals surface area contributed by atoms with Gasteiger partial charge in [-0.3, -0.25) is 19.7 Å². The quantitative estimate of drug-likeness (QED) is 0.375. The van der Waals surface area contributed by atoms with Crippen LogP contribution >= 0.6 is 0 Å². The van der Waals surface area contributed by atoms with Crippen molar-refractivity contribution in [1.29, 1.82) is 0 Å². The lowest BCUT2D eigenvalue weighted by molar-refractivity contribution is -0.384. The van der Waals surface area contributed by atoms with E-state index in [4.69, 9.17) is 4.74 Å². The Morgan fingerprint density at radius 3 is 2.35 bits per heavy atom. The molecule has 0 aliphatic carbocycles. The second-order valence-electron chi connectivity index (χ2n) is 7.20. The predicted octanol–water partition coefficient (Wildman–Crippen LogP) is 4.50. The predicted molar refractivity (Wildman–Crippen MR) is 120 cm³/mol. The van der Waals surface area contributed by atoms with Gasteiger partial charge in [-0.1, -0.05) is 20.3 Å². The van der Waals surface area contributed by atoms with Gasteiger partial charge in [0.15, 0.2) is 17.3 Å². The zero-order valence-electron chi connectivity index (χ0n) is 18.6. The molecule has 0 radical (unpaired) electrons. The highest BCUT2D eigenvalue weighted by Gasteiger charge is 2.31. The number of nitro groups is 1. The lowest BCUT2D eigenvalue weighted by Gasteiger charge is -2.23. The van der Waals surface area contributed by atoms with Crippen molar-refractivity contribution in [3.8, 4) is 11.5 Å². The Balaban J connectivity index is 2.77. The molecule has 2 aromatic rings. The molecular weight excluding hydrogens is 476 g/mol. The van der Waals surface area contributed by atoms with Crippen LogP contribution in [0, 0.1) is 21.7 Å². The summed E-state index contributed by atoms with van der Waals surface area (Å²) in [6.07, 6.45) is 1.69. The SMILES string of the molecule is CCCCC(=O)Nc1cc(N(C(=O)CC)S(C)(=O)=O)c(Oc2ccc(F)cc2F)cc1[N+](=O)[O-]. The van der Waals surface area contributed by atoms with Gasteiger partial charge in [0.1, 0.15) is 17.2 Å². The van der Waals surface area contributed by atoms with Crippen molar-refractivity contribution in [2.24, 2.45) is 0 Å². The first kappa shape index (κ1) is 26.6. The zero-order chi connectivity index (χ0) is 25.6. The molecular formula is C21H23F2N3O7S. The van der Waals surface area contributed by atoms with Gasteiger partial charge in [0.05, 0.1) is 17.2 Å². The van der Waals surface area contributed by atoms with E-state index >= 15 is 0 Å². The van der Waals surface area contributed by atoms with Crippen molar-refractivity contribution in [1.82, 2.24) is 0 Å². The summed E-state index contributed by atoms with van der Waals surface area (Å²) in [5.41, 5.74) is -1.57. The molecule has 0 spiro atoms. The summed E-state index contributed by atoms with van der Waals surface area (Å²) in [6.45, 7) is 3.23. The largest absolute Gasteiger partial charge is 0.452 e. The van der Waals surface area contributed by atoms with E-state index < -0.39 is 61.3 Å². The number of hydrogen-bond acceptors (Lipinski definition) is 7. The Morgan fingerprint density at radius 1 is 1.15 bits per heavy atom. The molecule has 0 aliphatic heterocycles. The Labute approximate surface area is 194 Å². The summed E-state index contributed by atoms with van der Waals surface area (Å²) in [6, 6.07) is 3.91. The van der Waals surface area contributed by atoms with Gasteiger partial charge >= 0.3 is 0 Å². The van der Waals surface area contributed by atoms with E-state index in [2.05, 4.69) is 5.32 Å². The fourth-order valence-corrected chi connectivity index (χ4v) is 3.92. The summed E-state index contributed by atoms with van der Waals surface area (Å²) in [7, 11) is -4.29. The van der Waals surface area contributed by atoms with Crippen LogP contribution in [0.4, 0.5) is 25.8 Å². The van der Waals surface area contributed by atoms with Gasteiger partial charge in [0.2, 0.25) is 21.8 Å². The normalized spacial score (nSPS) is 11.1. The van der Waals surface area contributed by atoms with Crippen LogP contribution in [-0.4, -0.2) is 31.4 Å². The third-order valence-electron chi connectivity index (χ3n) is 4.50. The maximum atomic E-state index is 14.2. The molecule has 2 amide bonds. The van der Waals surface area contributed by atoms with Crippen molar-refractivity contribution in [2.45, 2.75) is 39.5 Å². The number of anilines is 2. The second-order valence-corrected chi connectivity index (χ2v) is 9.03. The number of unbranched alkanes of at least 4 members (excludes halogenated alkanes) is 1. The van der Waals surface area contributed by atoms with Crippen molar-refractivity contribution in [2.75, 3.05) is 15.9 Å². The molecule has 0 fully saturated rings. The zero-order valence-corrected chi connectivity index (χ0v) is 19.4. The molecule has 0 bridgehead atoms. The average molecular weight is 499 g/mol. The highest BCUT2D eigenvalue weighted by atomic mass is 32.2. The van der Waals surface area contributed by atoms with Crippen LogP contribution in [0.15, 0.2) is 30.3 Å². The van der Waals surface area contributed by atoms with Crippen LogP contribution in [0.1, 0.15) is 39.5 Å². The summed E-state index contributed by atoms with van der Waals surface area (Å²) in [4.78, 5) is 35.5. The minimum Gasteiger partial charge on any atom is -0.452 e. The first-order valence-electron chi connectivity index (χ1n) is 10.2. The van der Waals surface area contributed by atoms with Crippen LogP contribution in [0.25, 0.3) is 0 Å². The van der Waals surface area contributed by atoms with Crippen molar-refractivity contribution in [3.05, 3.63) is 52.1 Å². The minimum atomic E-state index is -4.29. The number of amides is 2. The maximum absolute atomic E-state index is 14.2. The molecule has 2 aromatic carbocycles. The van der Waals surface area contributed by atoms with Gasteiger partial charge in [0, 0.05) is 18.9 Å². The summed E-state index contributed by atoms with van der Waals surface area (Å²) in [5.74, 6) is -4.71. The van der Waals surface area contributed by atoms with E-state index in [9.17, 15) is 36.9 Å². The summed E-state index contributed by atoms with van der Waals surface area (Å²) >= 11 is 0. The van der Waals surface area contributed by atoms with E-state index in [1.807, 2.05) is 6.92 Å². The van der Waals surface area contributed by atoms with E-state index in [1.165, 1.54) is 6.92 Å². The molecule has 0 saturated heterocycles. The van der Waals surface area contributed by atoms with E-state index in [-0.39, 0.29) is 18.5 Å². The topological polar surface area (TPSA) is 136 Å². The molecule has 0 aromatic heterocycles. The minimum absolute atomic E-state index is 0.0473. The van der Waals surface area contributed by atoms with E-state index in [0.717, 1.165) is 30.5 Å². The number of nitrogens with one attached hydrogen (secondary N) is 1. The van der Waals surface area contributed by atoms with Gasteiger partial charge in [-0.05, 0) is 24.6 Å². The lowest BCUT2D eigenvalue weighted by Crippen LogP contribution is -2.36. The smallest absolute Gasteiger partial charge is 0.296 e. The molecule has 184 valence electrons. The number of hydrogen-bond donors (Lipinski definition) is 1. The maximum Gasteiger partial charge on any atom is 0.296 e. The Morgan fingerprint density at radius 2 is 1.82 bits per heavy atom. The van der Waals surface area contributed by atoms with Crippen LogP contribution in [-0.2, 0) is 19.6 Å². The Hall–Kier alpha value is -3.61. The fraction of sp³-hybridized carbons (Fsp3) is 0.333. The number of nitro benzene ring substituents is 1. The van der Waals surface area contributed by atoms with Crippen molar-refractivity contribution in [3.63, 3.8) is 0 Å². The molecule has 13 heteroatoms. The van der Waals surface area contributed by atoms with Crippen LogP contribution in [0.5, 0.6) is 11.5 Å². The molecule has 2 rings (SSSR count). The standard InChI is InChI=1S/C21H23F2N3O7S/c1-4-6-7-20(27)24-15-11-17(25(21(28)5-2)34(3,31)32)19(12-16(15)26(29)30)33-18-9-8-13(22)10-14(18)23/h8-12H,4-7H2,1-3H3,(H,24,27).